The molecule has 2 aliphatic rings. The molecule has 8 heteroatoms. The third-order valence-corrected chi connectivity index (χ3v) is 4.47. The van der Waals surface area contributed by atoms with Crippen molar-refractivity contribution in [2.75, 3.05) is 11.4 Å². The second kappa shape index (κ2) is 7.94. The van der Waals surface area contributed by atoms with Gasteiger partial charge in [-0.3, -0.25) is 0 Å². The van der Waals surface area contributed by atoms with Crippen LogP contribution >= 0.6 is 0 Å². The summed E-state index contributed by atoms with van der Waals surface area (Å²) in [6.07, 6.45) is 1.37. The number of hydrogen-bond acceptors (Lipinski definition) is 6. The zero-order chi connectivity index (χ0) is 18.7. The van der Waals surface area contributed by atoms with Crippen LogP contribution in [0.1, 0.15) is 37.7 Å². The molecule has 2 amide bonds. The van der Waals surface area contributed by atoms with Crippen molar-refractivity contribution in [2.45, 2.75) is 51.5 Å². The Kier molecular flexibility index (Phi) is 5.65. The number of aliphatic hydroxyl groups is 3. The number of unbranched alkanes of at least 4 members (excludes halogenated alkanes) is 3. The van der Waals surface area contributed by atoms with Crippen LogP contribution in [0.2, 0.25) is 0 Å². The summed E-state index contributed by atoms with van der Waals surface area (Å²) >= 11 is 0. The first-order valence-corrected chi connectivity index (χ1v) is 8.86. The van der Waals surface area contributed by atoms with Crippen molar-refractivity contribution in [1.82, 2.24) is 5.32 Å². The average Bonchev–Trinajstić information content (AvgIpc) is 2.57. The van der Waals surface area contributed by atoms with E-state index >= 15 is 0 Å². The first-order valence-electron chi connectivity index (χ1n) is 8.86. The fourth-order valence-electron chi connectivity index (χ4n) is 3.17. The van der Waals surface area contributed by atoms with E-state index < -0.39 is 18.5 Å². The highest BCUT2D eigenvalue weighted by Crippen LogP contribution is 2.35. The zero-order valence-electron chi connectivity index (χ0n) is 14.7. The Hall–Kier alpha value is -2.29. The minimum atomic E-state index is -1.25. The van der Waals surface area contributed by atoms with Crippen LogP contribution in [0.5, 0.6) is 0 Å². The van der Waals surface area contributed by atoms with Crippen LogP contribution < -0.4 is 10.2 Å². The second-order valence-corrected chi connectivity index (χ2v) is 6.61. The summed E-state index contributed by atoms with van der Waals surface area (Å²) in [6, 6.07) is 5.27. The number of fused-ring (bicyclic) bond motifs is 2. The van der Waals surface area contributed by atoms with Crippen molar-refractivity contribution < 1.29 is 20.1 Å². The van der Waals surface area contributed by atoms with Gasteiger partial charge in [0.25, 0.3) is 0 Å². The Balaban J connectivity index is 1.77. The molecule has 0 fully saturated rings. The molecule has 1 aromatic rings. The van der Waals surface area contributed by atoms with Crippen LogP contribution in [0, 0.1) is 6.92 Å². The molecule has 8 nitrogen and oxygen atoms in total. The maximum absolute atomic E-state index is 11.7. The molecule has 0 bridgehead atoms. The number of aryl methyl sites for hydroxylation is 1. The largest absolute Gasteiger partial charge is 0.368 e. The Morgan fingerprint density at radius 1 is 1.19 bits per heavy atom. The van der Waals surface area contributed by atoms with Gasteiger partial charge in [0, 0.05) is 6.54 Å². The van der Waals surface area contributed by atoms with Gasteiger partial charge in [-0.05, 0) is 43.9 Å². The topological polar surface area (TPSA) is 118 Å². The lowest BCUT2D eigenvalue weighted by molar-refractivity contribution is -0.0465. The number of nitrogens with zero attached hydrogens (tertiary/aromatic N) is 3. The van der Waals surface area contributed by atoms with Crippen LogP contribution in [-0.2, 0) is 0 Å². The van der Waals surface area contributed by atoms with Crippen molar-refractivity contribution in [3.63, 3.8) is 0 Å². The van der Waals surface area contributed by atoms with Crippen molar-refractivity contribution >= 4 is 29.0 Å². The van der Waals surface area contributed by atoms with Crippen molar-refractivity contribution in [3.8, 4) is 0 Å². The molecule has 26 heavy (non-hydrogen) atoms. The van der Waals surface area contributed by atoms with E-state index in [1.54, 1.807) is 0 Å². The highest BCUT2D eigenvalue weighted by molar-refractivity contribution is 6.51. The lowest BCUT2D eigenvalue weighted by atomic mass is 10.1. The second-order valence-electron chi connectivity index (χ2n) is 6.61. The van der Waals surface area contributed by atoms with E-state index in [0.29, 0.717) is 24.5 Å². The van der Waals surface area contributed by atoms with E-state index in [0.717, 1.165) is 42.6 Å². The minimum absolute atomic E-state index is 0.351. The van der Waals surface area contributed by atoms with Crippen molar-refractivity contribution in [2.24, 2.45) is 9.98 Å². The Morgan fingerprint density at radius 2 is 1.96 bits per heavy atom. The number of amidine groups is 1. The van der Waals surface area contributed by atoms with Gasteiger partial charge >= 0.3 is 6.03 Å². The molecule has 4 N–H and O–H groups in total. The van der Waals surface area contributed by atoms with Gasteiger partial charge in [0.15, 0.2) is 18.4 Å². The minimum Gasteiger partial charge on any atom is -0.368 e. The van der Waals surface area contributed by atoms with E-state index in [1.165, 1.54) is 0 Å². The quantitative estimate of drug-likeness (QED) is 0.435. The van der Waals surface area contributed by atoms with Crippen LogP contribution in [0.15, 0.2) is 28.2 Å². The first-order chi connectivity index (χ1) is 12.5. The smallest absolute Gasteiger partial charge is 0.345 e. The van der Waals surface area contributed by atoms with E-state index in [4.69, 9.17) is 10.2 Å². The van der Waals surface area contributed by atoms with Crippen LogP contribution in [0.3, 0.4) is 0 Å². The third-order valence-electron chi connectivity index (χ3n) is 4.47. The van der Waals surface area contributed by atoms with Gasteiger partial charge in [-0.15, -0.1) is 0 Å². The third kappa shape index (κ3) is 4.09. The van der Waals surface area contributed by atoms with Gasteiger partial charge in [-0.2, -0.15) is 4.99 Å². The predicted molar refractivity (Wildman–Crippen MR) is 98.9 cm³/mol. The fourth-order valence-corrected chi connectivity index (χ4v) is 3.17. The molecule has 0 saturated heterocycles. The number of anilines is 1. The van der Waals surface area contributed by atoms with Crippen LogP contribution in [-0.4, -0.2) is 52.0 Å². The summed E-state index contributed by atoms with van der Waals surface area (Å²) in [5.74, 6) is 0.394. The average molecular weight is 360 g/mol. The molecule has 0 aromatic heterocycles. The number of aliphatic imine (C=N–C) groups is 2. The van der Waals surface area contributed by atoms with Gasteiger partial charge in [0.05, 0.1) is 11.4 Å². The van der Waals surface area contributed by atoms with Gasteiger partial charge in [-0.1, -0.05) is 18.9 Å². The molecule has 0 radical (unpaired) electrons. The molecular weight excluding hydrogens is 336 g/mol. The number of urea groups is 1. The van der Waals surface area contributed by atoms with Crippen molar-refractivity contribution in [3.05, 3.63) is 23.8 Å². The fraction of sp³-hybridized carbons (Fsp3) is 0.500. The maximum atomic E-state index is 11.7. The van der Waals surface area contributed by atoms with Gasteiger partial charge in [0.2, 0.25) is 0 Å². The molecular formula is C18H24N4O4. The molecule has 1 atom stereocenters. The SMILES string of the molecule is Cc1ccc2c(c1)N(CCCCCCC(O)O)C1=NC(=O)NC(O)C1=N2. The molecule has 1 aromatic carbocycles. The normalized spacial score (nSPS) is 18.9. The number of aliphatic hydroxyl groups excluding tert-OH is 2. The lowest BCUT2D eigenvalue weighted by Gasteiger charge is -2.35. The Morgan fingerprint density at radius 3 is 2.73 bits per heavy atom. The molecule has 0 aliphatic carbocycles. The molecule has 0 saturated carbocycles. The van der Waals surface area contributed by atoms with E-state index in [1.807, 2.05) is 30.0 Å². The van der Waals surface area contributed by atoms with Gasteiger partial charge in [0.1, 0.15) is 5.71 Å². The maximum Gasteiger partial charge on any atom is 0.345 e. The standard InChI is InChI=1S/C18H24N4O4/c1-11-7-8-12-13(10-11)22(9-5-3-2-4-6-14(23)24)16-15(19-12)17(25)21-18(26)20-16/h7-8,10,14,17,23-25H,2-6,9H2,1H3,(H,21,26). The summed E-state index contributed by atoms with van der Waals surface area (Å²) < 4.78 is 0. The van der Waals surface area contributed by atoms with Gasteiger partial charge < -0.3 is 25.5 Å². The summed E-state index contributed by atoms with van der Waals surface area (Å²) in [5, 5.41) is 30.3. The number of hydrogen-bond donors (Lipinski definition) is 4. The van der Waals surface area contributed by atoms with Crippen LogP contribution in [0.25, 0.3) is 0 Å². The molecule has 0 spiro atoms. The monoisotopic (exact) mass is 360 g/mol. The summed E-state index contributed by atoms with van der Waals surface area (Å²) in [5.41, 5.74) is 3.04. The van der Waals surface area contributed by atoms with Gasteiger partial charge in [-0.25, -0.2) is 9.79 Å². The zero-order valence-corrected chi connectivity index (χ0v) is 14.7. The van der Waals surface area contributed by atoms with Crippen LogP contribution in [0.4, 0.5) is 16.2 Å². The first kappa shape index (κ1) is 18.5. The molecule has 1 unspecified atom stereocenters. The number of amides is 2. The molecule has 2 heterocycles. The molecule has 3 rings (SSSR count). The van der Waals surface area contributed by atoms with E-state index in [2.05, 4.69) is 15.3 Å². The Bertz CT molecular complexity index is 745. The number of rotatable bonds is 7. The number of nitrogens with one attached hydrogen (secondary N) is 1. The molecule has 2 aliphatic heterocycles. The lowest BCUT2D eigenvalue weighted by Crippen LogP contribution is -2.54. The Labute approximate surface area is 151 Å². The highest BCUT2D eigenvalue weighted by atomic mass is 16.5. The summed E-state index contributed by atoms with van der Waals surface area (Å²) in [6.45, 7) is 2.62. The number of carbonyl (C=O) groups is 1. The van der Waals surface area contributed by atoms with Crippen molar-refractivity contribution in [1.29, 1.82) is 0 Å². The highest BCUT2D eigenvalue weighted by Gasteiger charge is 2.34. The number of carbonyl (C=O) groups excluding carboxylic acids is 1. The van der Waals surface area contributed by atoms with E-state index in [9.17, 15) is 9.90 Å². The summed E-state index contributed by atoms with van der Waals surface area (Å²) in [7, 11) is 0. The van der Waals surface area contributed by atoms with E-state index in [-0.39, 0.29) is 0 Å². The number of benzene rings is 1. The predicted octanol–water partition coefficient (Wildman–Crippen LogP) is 1.59. The summed E-state index contributed by atoms with van der Waals surface area (Å²) in [4.78, 5) is 22.2. The molecule has 140 valence electrons.